The molecule has 18 heavy (non-hydrogen) atoms. The van der Waals surface area contributed by atoms with Crippen molar-refractivity contribution in [2.24, 2.45) is 5.10 Å². The quantitative estimate of drug-likeness (QED) is 0.791. The summed E-state index contributed by atoms with van der Waals surface area (Å²) in [5, 5.41) is 6.12. The van der Waals surface area contributed by atoms with Gasteiger partial charge >= 0.3 is 0 Å². The molecule has 2 aliphatic rings. The number of hydrogen-bond donors (Lipinski definition) is 0. The minimum atomic E-state index is 0.0935. The maximum atomic E-state index is 12.0. The molecule has 0 saturated carbocycles. The Hall–Kier alpha value is -1.62. The third-order valence-corrected chi connectivity index (χ3v) is 3.64. The molecule has 0 spiro atoms. The largest absolute Gasteiger partial charge is 0.463 e. The Labute approximate surface area is 106 Å². The van der Waals surface area contributed by atoms with Gasteiger partial charge in [0.15, 0.2) is 0 Å². The molecular formula is C13H17N3O2. The van der Waals surface area contributed by atoms with E-state index in [1.165, 1.54) is 0 Å². The number of hydrazone groups is 1. The van der Waals surface area contributed by atoms with Crippen molar-refractivity contribution in [2.45, 2.75) is 25.3 Å². The average Bonchev–Trinajstić information content (AvgIpc) is 2.99. The zero-order valence-corrected chi connectivity index (χ0v) is 10.5. The predicted molar refractivity (Wildman–Crippen MR) is 67.2 cm³/mol. The Morgan fingerprint density at radius 2 is 2.17 bits per heavy atom. The number of carbonyl (C=O) groups is 1. The molecule has 0 unspecified atom stereocenters. The molecular weight excluding hydrogens is 230 g/mol. The van der Waals surface area contributed by atoms with Gasteiger partial charge in [-0.2, -0.15) is 5.10 Å². The Bertz CT molecular complexity index is 459. The second-order valence-electron chi connectivity index (χ2n) is 4.97. The first-order valence-corrected chi connectivity index (χ1v) is 6.36. The van der Waals surface area contributed by atoms with E-state index in [2.05, 4.69) is 17.0 Å². The van der Waals surface area contributed by atoms with Crippen LogP contribution in [0.2, 0.25) is 0 Å². The Kier molecular flexibility index (Phi) is 2.91. The van der Waals surface area contributed by atoms with Crippen LogP contribution in [0.1, 0.15) is 25.0 Å². The molecule has 96 valence electrons. The molecule has 0 bridgehead atoms. The summed E-state index contributed by atoms with van der Waals surface area (Å²) in [5.74, 6) is 0.801. The molecule has 0 radical (unpaired) electrons. The lowest BCUT2D eigenvalue weighted by molar-refractivity contribution is -0.131. The zero-order chi connectivity index (χ0) is 12.5. The zero-order valence-electron chi connectivity index (χ0n) is 10.5. The number of piperidine rings is 1. The topological polar surface area (TPSA) is 49.0 Å². The minimum absolute atomic E-state index is 0.0935. The molecule has 2 aliphatic heterocycles. The number of rotatable bonds is 2. The third kappa shape index (κ3) is 2.06. The summed E-state index contributed by atoms with van der Waals surface area (Å²) < 4.78 is 5.30. The van der Waals surface area contributed by atoms with Crippen LogP contribution >= 0.6 is 0 Å². The Morgan fingerprint density at radius 1 is 1.39 bits per heavy atom. The van der Waals surface area contributed by atoms with E-state index < -0.39 is 0 Å². The summed E-state index contributed by atoms with van der Waals surface area (Å²) in [6.07, 6.45) is 3.97. The van der Waals surface area contributed by atoms with Crippen molar-refractivity contribution in [1.82, 2.24) is 9.91 Å². The SMILES string of the molecule is CN1CCC(N2N=C(c3ccco3)CC2=O)CC1. The number of amides is 1. The van der Waals surface area contributed by atoms with Crippen molar-refractivity contribution in [3.63, 3.8) is 0 Å². The summed E-state index contributed by atoms with van der Waals surface area (Å²) in [5.41, 5.74) is 0.754. The van der Waals surface area contributed by atoms with Gasteiger partial charge in [0.2, 0.25) is 5.91 Å². The van der Waals surface area contributed by atoms with Gasteiger partial charge in [-0.25, -0.2) is 5.01 Å². The van der Waals surface area contributed by atoms with E-state index in [1.54, 1.807) is 11.3 Å². The molecule has 5 nitrogen and oxygen atoms in total. The lowest BCUT2D eigenvalue weighted by Gasteiger charge is -2.32. The second kappa shape index (κ2) is 4.57. The fraction of sp³-hybridized carbons (Fsp3) is 0.538. The van der Waals surface area contributed by atoms with Crippen LogP contribution in [-0.4, -0.2) is 47.7 Å². The maximum Gasteiger partial charge on any atom is 0.249 e. The minimum Gasteiger partial charge on any atom is -0.463 e. The van der Waals surface area contributed by atoms with E-state index in [0.29, 0.717) is 12.2 Å². The van der Waals surface area contributed by atoms with Gasteiger partial charge in [0, 0.05) is 0 Å². The van der Waals surface area contributed by atoms with Gasteiger partial charge in [0.05, 0.1) is 18.7 Å². The van der Waals surface area contributed by atoms with E-state index in [1.807, 2.05) is 12.1 Å². The van der Waals surface area contributed by atoms with Crippen LogP contribution in [0.25, 0.3) is 0 Å². The molecule has 3 heterocycles. The standard InChI is InChI=1S/C13H17N3O2/c1-15-6-4-10(5-7-15)16-13(17)9-11(14-16)12-3-2-8-18-12/h2-3,8,10H,4-7,9H2,1H3. The highest BCUT2D eigenvalue weighted by Gasteiger charge is 2.33. The van der Waals surface area contributed by atoms with Crippen LogP contribution in [0.3, 0.4) is 0 Å². The summed E-state index contributed by atoms with van der Waals surface area (Å²) in [6.45, 7) is 2.06. The fourth-order valence-electron chi connectivity index (χ4n) is 2.55. The van der Waals surface area contributed by atoms with Crippen molar-refractivity contribution in [3.8, 4) is 0 Å². The normalized spacial score (nSPS) is 22.6. The van der Waals surface area contributed by atoms with E-state index in [4.69, 9.17) is 4.42 Å². The molecule has 0 N–H and O–H groups in total. The van der Waals surface area contributed by atoms with Gasteiger partial charge in [0.25, 0.3) is 0 Å². The van der Waals surface area contributed by atoms with E-state index in [-0.39, 0.29) is 11.9 Å². The predicted octanol–water partition coefficient (Wildman–Crippen LogP) is 1.31. The molecule has 1 amide bonds. The number of furan rings is 1. The maximum absolute atomic E-state index is 12.0. The number of hydrogen-bond acceptors (Lipinski definition) is 4. The molecule has 0 atom stereocenters. The Balaban J connectivity index is 1.75. The first kappa shape index (κ1) is 11.5. The molecule has 1 aromatic heterocycles. The van der Waals surface area contributed by atoms with Crippen LogP contribution < -0.4 is 0 Å². The van der Waals surface area contributed by atoms with Crippen LogP contribution in [0.15, 0.2) is 27.9 Å². The molecule has 1 fully saturated rings. The monoisotopic (exact) mass is 247 g/mol. The highest BCUT2D eigenvalue weighted by molar-refractivity contribution is 6.12. The van der Waals surface area contributed by atoms with Gasteiger partial charge in [-0.1, -0.05) is 0 Å². The van der Waals surface area contributed by atoms with Crippen LogP contribution in [-0.2, 0) is 4.79 Å². The smallest absolute Gasteiger partial charge is 0.249 e. The number of likely N-dealkylation sites (tertiary alicyclic amines) is 1. The molecule has 3 rings (SSSR count). The molecule has 0 aromatic carbocycles. The van der Waals surface area contributed by atoms with Gasteiger partial charge in [0.1, 0.15) is 11.5 Å². The van der Waals surface area contributed by atoms with Crippen LogP contribution in [0.4, 0.5) is 0 Å². The van der Waals surface area contributed by atoms with Gasteiger partial charge in [-0.05, 0) is 45.1 Å². The summed E-state index contributed by atoms with van der Waals surface area (Å²) in [6, 6.07) is 3.92. The van der Waals surface area contributed by atoms with E-state index >= 15 is 0 Å². The molecule has 1 saturated heterocycles. The first-order chi connectivity index (χ1) is 8.74. The summed E-state index contributed by atoms with van der Waals surface area (Å²) >= 11 is 0. The van der Waals surface area contributed by atoms with E-state index in [0.717, 1.165) is 31.6 Å². The van der Waals surface area contributed by atoms with Crippen molar-refractivity contribution in [1.29, 1.82) is 0 Å². The number of carbonyl (C=O) groups excluding carboxylic acids is 1. The van der Waals surface area contributed by atoms with Crippen LogP contribution in [0, 0.1) is 0 Å². The third-order valence-electron chi connectivity index (χ3n) is 3.64. The van der Waals surface area contributed by atoms with Gasteiger partial charge in [-0.15, -0.1) is 0 Å². The Morgan fingerprint density at radius 3 is 2.83 bits per heavy atom. The van der Waals surface area contributed by atoms with Gasteiger partial charge in [-0.3, -0.25) is 4.79 Å². The average molecular weight is 247 g/mol. The lowest BCUT2D eigenvalue weighted by Crippen LogP contribution is -2.42. The fourth-order valence-corrected chi connectivity index (χ4v) is 2.55. The van der Waals surface area contributed by atoms with Crippen LogP contribution in [0.5, 0.6) is 0 Å². The molecule has 0 aliphatic carbocycles. The molecule has 5 heteroatoms. The van der Waals surface area contributed by atoms with Crippen molar-refractivity contribution < 1.29 is 9.21 Å². The second-order valence-corrected chi connectivity index (χ2v) is 4.97. The first-order valence-electron chi connectivity index (χ1n) is 6.36. The van der Waals surface area contributed by atoms with Crippen molar-refractivity contribution in [3.05, 3.63) is 24.2 Å². The van der Waals surface area contributed by atoms with Crippen molar-refractivity contribution in [2.75, 3.05) is 20.1 Å². The number of nitrogens with zero attached hydrogens (tertiary/aromatic N) is 3. The summed E-state index contributed by atoms with van der Waals surface area (Å²) in [4.78, 5) is 14.3. The van der Waals surface area contributed by atoms with Gasteiger partial charge < -0.3 is 9.32 Å². The molecule has 1 aromatic rings. The van der Waals surface area contributed by atoms with E-state index in [9.17, 15) is 4.79 Å². The lowest BCUT2D eigenvalue weighted by atomic mass is 10.1. The highest BCUT2D eigenvalue weighted by atomic mass is 16.3. The highest BCUT2D eigenvalue weighted by Crippen LogP contribution is 2.23. The van der Waals surface area contributed by atoms with Crippen molar-refractivity contribution >= 4 is 11.6 Å². The summed E-state index contributed by atoms with van der Waals surface area (Å²) in [7, 11) is 2.11.